The van der Waals surface area contributed by atoms with E-state index in [9.17, 15) is 17.6 Å². The minimum absolute atomic E-state index is 0.0493. The van der Waals surface area contributed by atoms with Crippen molar-refractivity contribution in [2.45, 2.75) is 44.2 Å². The number of ether oxygens (including phenoxy) is 1. The summed E-state index contributed by atoms with van der Waals surface area (Å²) in [6.07, 6.45) is 0.902. The first-order valence-electron chi connectivity index (χ1n) is 10.5. The number of sulfonamides is 1. The van der Waals surface area contributed by atoms with Crippen molar-refractivity contribution in [3.8, 4) is 0 Å². The first-order chi connectivity index (χ1) is 15.6. The largest absolute Gasteiger partial charge is 0.463 e. The molecule has 0 aliphatic carbocycles. The number of hydrogen-bond donors (Lipinski definition) is 0. The van der Waals surface area contributed by atoms with Gasteiger partial charge in [-0.3, -0.25) is 9.48 Å². The van der Waals surface area contributed by atoms with Crippen LogP contribution in [0.1, 0.15) is 32.5 Å². The van der Waals surface area contributed by atoms with Crippen LogP contribution in [0.2, 0.25) is 5.15 Å². The summed E-state index contributed by atoms with van der Waals surface area (Å²) in [5.74, 6) is -0.982. The molecule has 1 aliphatic heterocycles. The monoisotopic (exact) mass is 494 g/mol. The SMILES string of the molecule is CC(C)OC(=O)Cc1nn([C@H]2CN(S(=O)(=O)c3ccc(Cl)nc3)C[C@H]2C)c2cc(F)ccc12. The summed E-state index contributed by atoms with van der Waals surface area (Å²) in [7, 11) is -3.79. The van der Waals surface area contributed by atoms with Crippen molar-refractivity contribution in [1.29, 1.82) is 0 Å². The van der Waals surface area contributed by atoms with E-state index in [1.54, 1.807) is 24.6 Å². The highest BCUT2D eigenvalue weighted by molar-refractivity contribution is 7.89. The lowest BCUT2D eigenvalue weighted by molar-refractivity contribution is -0.146. The first-order valence-corrected chi connectivity index (χ1v) is 12.4. The van der Waals surface area contributed by atoms with E-state index < -0.39 is 21.8 Å². The molecule has 1 fully saturated rings. The zero-order valence-corrected chi connectivity index (χ0v) is 20.0. The molecule has 33 heavy (non-hydrogen) atoms. The Bertz CT molecular complexity index is 1290. The van der Waals surface area contributed by atoms with Crippen LogP contribution in [0.3, 0.4) is 0 Å². The van der Waals surface area contributed by atoms with E-state index in [1.165, 1.54) is 34.8 Å². The highest BCUT2D eigenvalue weighted by atomic mass is 35.5. The van der Waals surface area contributed by atoms with Gasteiger partial charge >= 0.3 is 5.97 Å². The zero-order valence-electron chi connectivity index (χ0n) is 18.4. The van der Waals surface area contributed by atoms with E-state index in [1.807, 2.05) is 6.92 Å². The molecule has 0 bridgehead atoms. The van der Waals surface area contributed by atoms with Crippen LogP contribution in [0.4, 0.5) is 4.39 Å². The molecule has 3 heterocycles. The maximum absolute atomic E-state index is 14.1. The summed E-state index contributed by atoms with van der Waals surface area (Å²) in [5, 5.41) is 5.44. The molecule has 4 rings (SSSR count). The Labute approximate surface area is 196 Å². The van der Waals surface area contributed by atoms with Gasteiger partial charge in [0, 0.05) is 24.7 Å². The highest BCUT2D eigenvalue weighted by Crippen LogP contribution is 2.34. The Morgan fingerprint density at radius 2 is 2.03 bits per heavy atom. The van der Waals surface area contributed by atoms with Crippen LogP contribution in [0, 0.1) is 11.7 Å². The van der Waals surface area contributed by atoms with Gasteiger partial charge in [-0.05, 0) is 50.1 Å². The van der Waals surface area contributed by atoms with Gasteiger partial charge in [0.1, 0.15) is 15.9 Å². The van der Waals surface area contributed by atoms with E-state index in [4.69, 9.17) is 16.3 Å². The number of esters is 1. The van der Waals surface area contributed by atoms with Crippen molar-refractivity contribution in [3.05, 3.63) is 53.2 Å². The number of halogens is 2. The third kappa shape index (κ3) is 4.73. The van der Waals surface area contributed by atoms with Gasteiger partial charge < -0.3 is 4.74 Å². The maximum Gasteiger partial charge on any atom is 0.312 e. The van der Waals surface area contributed by atoms with Gasteiger partial charge in [0.25, 0.3) is 0 Å². The predicted molar refractivity (Wildman–Crippen MR) is 121 cm³/mol. The van der Waals surface area contributed by atoms with Crippen molar-refractivity contribution in [1.82, 2.24) is 19.1 Å². The second kappa shape index (κ2) is 9.00. The summed E-state index contributed by atoms with van der Waals surface area (Å²) in [5.41, 5.74) is 0.970. The minimum Gasteiger partial charge on any atom is -0.463 e. The van der Waals surface area contributed by atoms with Crippen LogP contribution in [-0.2, 0) is 26.0 Å². The molecule has 1 saturated heterocycles. The van der Waals surface area contributed by atoms with Gasteiger partial charge in [-0.2, -0.15) is 9.40 Å². The van der Waals surface area contributed by atoms with E-state index in [2.05, 4.69) is 10.1 Å². The number of carbonyl (C=O) groups excluding carboxylic acids is 1. The van der Waals surface area contributed by atoms with E-state index in [-0.39, 0.29) is 47.6 Å². The van der Waals surface area contributed by atoms with Gasteiger partial charge in [-0.25, -0.2) is 17.8 Å². The van der Waals surface area contributed by atoms with Crippen molar-refractivity contribution in [3.63, 3.8) is 0 Å². The number of carbonyl (C=O) groups is 1. The van der Waals surface area contributed by atoms with Crippen LogP contribution >= 0.6 is 11.6 Å². The van der Waals surface area contributed by atoms with Crippen molar-refractivity contribution < 1.29 is 22.3 Å². The van der Waals surface area contributed by atoms with Crippen LogP contribution < -0.4 is 0 Å². The number of fused-ring (bicyclic) bond motifs is 1. The van der Waals surface area contributed by atoms with Crippen molar-refractivity contribution in [2.75, 3.05) is 13.1 Å². The Morgan fingerprint density at radius 3 is 2.70 bits per heavy atom. The summed E-state index contributed by atoms with van der Waals surface area (Å²) in [4.78, 5) is 16.2. The summed E-state index contributed by atoms with van der Waals surface area (Å²) in [6.45, 7) is 5.84. The minimum atomic E-state index is -3.79. The predicted octanol–water partition coefficient (Wildman–Crippen LogP) is 3.60. The van der Waals surface area contributed by atoms with Gasteiger partial charge in [0.05, 0.1) is 29.8 Å². The third-order valence-corrected chi connectivity index (χ3v) is 7.65. The van der Waals surface area contributed by atoms with E-state index in [0.717, 1.165) is 0 Å². The number of hydrogen-bond acceptors (Lipinski definition) is 6. The number of pyridine rings is 1. The van der Waals surface area contributed by atoms with Gasteiger partial charge in [-0.15, -0.1) is 0 Å². The Balaban J connectivity index is 1.68. The number of rotatable bonds is 6. The molecule has 0 saturated carbocycles. The number of nitrogens with zero attached hydrogens (tertiary/aromatic N) is 4. The fourth-order valence-electron chi connectivity index (χ4n) is 4.09. The fourth-order valence-corrected chi connectivity index (χ4v) is 5.70. The quantitative estimate of drug-likeness (QED) is 0.384. The average Bonchev–Trinajstić information content (AvgIpc) is 3.28. The number of benzene rings is 1. The molecule has 176 valence electrons. The Hall–Kier alpha value is -2.56. The Morgan fingerprint density at radius 1 is 1.27 bits per heavy atom. The average molecular weight is 495 g/mol. The molecule has 0 spiro atoms. The molecule has 0 N–H and O–H groups in total. The van der Waals surface area contributed by atoms with Crippen molar-refractivity contribution >= 4 is 38.5 Å². The van der Waals surface area contributed by atoms with E-state index >= 15 is 0 Å². The second-order valence-corrected chi connectivity index (χ2v) is 10.8. The molecule has 1 aromatic carbocycles. The van der Waals surface area contributed by atoms with Crippen LogP contribution in [0.15, 0.2) is 41.4 Å². The molecular weight excluding hydrogens is 471 g/mol. The number of aromatic nitrogens is 3. The normalized spacial score (nSPS) is 19.5. The van der Waals surface area contributed by atoms with Gasteiger partial charge in [-0.1, -0.05) is 18.5 Å². The Kier molecular flexibility index (Phi) is 6.43. The fraction of sp³-hybridized carbons (Fsp3) is 0.409. The lowest BCUT2D eigenvalue weighted by atomic mass is 10.1. The lowest BCUT2D eigenvalue weighted by Gasteiger charge is -2.17. The molecule has 2 atom stereocenters. The highest BCUT2D eigenvalue weighted by Gasteiger charge is 2.39. The molecule has 1 aliphatic rings. The van der Waals surface area contributed by atoms with E-state index in [0.29, 0.717) is 16.6 Å². The van der Waals surface area contributed by atoms with Gasteiger partial charge in [0.15, 0.2) is 0 Å². The van der Waals surface area contributed by atoms with Crippen LogP contribution in [0.5, 0.6) is 0 Å². The zero-order chi connectivity index (χ0) is 23.9. The molecule has 0 radical (unpaired) electrons. The summed E-state index contributed by atoms with van der Waals surface area (Å²) >= 11 is 5.79. The molecule has 8 nitrogen and oxygen atoms in total. The smallest absolute Gasteiger partial charge is 0.312 e. The standard InChI is InChI=1S/C22H24ClFN4O4S/c1-13(2)32-22(29)9-18-17-6-4-15(24)8-19(17)28(26-18)20-12-27(11-14(20)3)33(30,31)16-5-7-21(23)25-10-16/h4-8,10,13-14,20H,9,11-12H2,1-3H3/t14-,20+/m1/s1. The summed E-state index contributed by atoms with van der Waals surface area (Å²) in [6, 6.07) is 6.75. The molecule has 3 aromatic rings. The second-order valence-electron chi connectivity index (χ2n) is 8.45. The molecule has 0 unspecified atom stereocenters. The van der Waals surface area contributed by atoms with Gasteiger partial charge in [0.2, 0.25) is 10.0 Å². The topological polar surface area (TPSA) is 94.4 Å². The lowest BCUT2D eigenvalue weighted by Crippen LogP contribution is -2.29. The van der Waals surface area contributed by atoms with Crippen molar-refractivity contribution in [2.24, 2.45) is 5.92 Å². The van der Waals surface area contributed by atoms with Crippen LogP contribution in [0.25, 0.3) is 10.9 Å². The molecule has 11 heteroatoms. The maximum atomic E-state index is 14.1. The summed E-state index contributed by atoms with van der Waals surface area (Å²) < 4.78 is 48.6. The molecular formula is C22H24ClFN4O4S. The van der Waals surface area contributed by atoms with Crippen LogP contribution in [-0.4, -0.2) is 52.7 Å². The first kappa shape index (κ1) is 23.6. The third-order valence-electron chi connectivity index (χ3n) is 5.62. The molecule has 0 amide bonds. The molecule has 2 aromatic heterocycles.